The molecule has 1 aromatic carbocycles. The summed E-state index contributed by atoms with van der Waals surface area (Å²) < 4.78 is 49.7. The van der Waals surface area contributed by atoms with Crippen molar-refractivity contribution in [3.63, 3.8) is 0 Å². The molecule has 3 aliphatic rings. The Morgan fingerprint density at radius 2 is 1.74 bits per heavy atom. The van der Waals surface area contributed by atoms with Crippen LogP contribution >= 0.6 is 0 Å². The molecule has 0 saturated heterocycles. The summed E-state index contributed by atoms with van der Waals surface area (Å²) in [5.41, 5.74) is 3.52. The highest BCUT2D eigenvalue weighted by Gasteiger charge is 2.30. The molecule has 0 amide bonds. The van der Waals surface area contributed by atoms with E-state index in [2.05, 4.69) is 6.08 Å². The first-order valence-electron chi connectivity index (χ1n) is 12.2. The molecule has 0 N–H and O–H groups in total. The zero-order valence-electron chi connectivity index (χ0n) is 20.2. The first-order chi connectivity index (χ1) is 17.0. The smallest absolute Gasteiger partial charge is 0.161 e. The van der Waals surface area contributed by atoms with Gasteiger partial charge in [-0.1, -0.05) is 78.9 Å². The molecule has 0 fully saturated rings. The standard InChI is InChI=1S/C31H31F3O/c1-3-5-21-6-13-24(14-7-21)28-18-16-25(30(33)31(28)34)15-10-22-8-11-23(12-9-22)27-19-17-26(35-4-2)20-29(27)32/h3,5-13,15-16,19-20,24,26,28H,4,14,17-18H2,1-2H3/b5-3+,15-10+. The molecule has 0 aliphatic heterocycles. The van der Waals surface area contributed by atoms with Gasteiger partial charge in [-0.3, -0.25) is 0 Å². The number of hydrogen-bond donors (Lipinski definition) is 0. The van der Waals surface area contributed by atoms with Crippen molar-refractivity contribution in [2.45, 2.75) is 39.2 Å². The van der Waals surface area contributed by atoms with Crippen LogP contribution in [-0.4, -0.2) is 12.7 Å². The summed E-state index contributed by atoms with van der Waals surface area (Å²) in [5.74, 6) is -2.26. The van der Waals surface area contributed by atoms with Crippen molar-refractivity contribution < 1.29 is 17.9 Å². The summed E-state index contributed by atoms with van der Waals surface area (Å²) in [6, 6.07) is 7.37. The summed E-state index contributed by atoms with van der Waals surface area (Å²) in [7, 11) is 0. The lowest BCUT2D eigenvalue weighted by Crippen LogP contribution is -2.18. The minimum Gasteiger partial charge on any atom is -0.374 e. The number of allylic oxidation sites excluding steroid dienone is 13. The van der Waals surface area contributed by atoms with Gasteiger partial charge in [0, 0.05) is 23.7 Å². The molecule has 4 heteroatoms. The van der Waals surface area contributed by atoms with Crippen molar-refractivity contribution in [3.05, 3.63) is 119 Å². The van der Waals surface area contributed by atoms with E-state index in [1.54, 1.807) is 18.2 Å². The maximum atomic E-state index is 14.9. The average molecular weight is 477 g/mol. The first-order valence-corrected chi connectivity index (χ1v) is 12.2. The van der Waals surface area contributed by atoms with Crippen LogP contribution in [-0.2, 0) is 4.74 Å². The van der Waals surface area contributed by atoms with Crippen molar-refractivity contribution >= 4 is 11.6 Å². The fourth-order valence-electron chi connectivity index (χ4n) is 4.72. The van der Waals surface area contributed by atoms with Crippen molar-refractivity contribution in [1.29, 1.82) is 0 Å². The van der Waals surface area contributed by atoms with Gasteiger partial charge in [0.25, 0.3) is 0 Å². The lowest BCUT2D eigenvalue weighted by atomic mass is 9.79. The summed E-state index contributed by atoms with van der Waals surface area (Å²) in [4.78, 5) is 0. The van der Waals surface area contributed by atoms with Crippen molar-refractivity contribution in [1.82, 2.24) is 0 Å². The number of hydrogen-bond acceptors (Lipinski definition) is 1. The Morgan fingerprint density at radius 1 is 0.943 bits per heavy atom. The van der Waals surface area contributed by atoms with Crippen LogP contribution in [0.1, 0.15) is 44.2 Å². The first kappa shape index (κ1) is 25.0. The van der Waals surface area contributed by atoms with Crippen LogP contribution in [0.5, 0.6) is 0 Å². The largest absolute Gasteiger partial charge is 0.374 e. The SMILES string of the molecule is C/C=C/C1=CCC(C2CC=C(/C=C/c3ccc(C4=CCC(OCC)C=C4F)cc3)C(F)=C2F)C=C1. The van der Waals surface area contributed by atoms with Gasteiger partial charge in [-0.25, -0.2) is 13.2 Å². The third-order valence-electron chi connectivity index (χ3n) is 6.62. The van der Waals surface area contributed by atoms with Crippen molar-refractivity contribution in [2.75, 3.05) is 6.61 Å². The second-order valence-corrected chi connectivity index (χ2v) is 8.94. The van der Waals surface area contributed by atoms with Crippen molar-refractivity contribution in [2.24, 2.45) is 11.8 Å². The lowest BCUT2D eigenvalue weighted by Gasteiger charge is -2.27. The molecule has 0 radical (unpaired) electrons. The summed E-state index contributed by atoms with van der Waals surface area (Å²) >= 11 is 0. The average Bonchev–Trinajstić information content (AvgIpc) is 2.87. The maximum absolute atomic E-state index is 14.9. The molecule has 0 bridgehead atoms. The third kappa shape index (κ3) is 5.94. The molecule has 1 aromatic rings. The van der Waals surface area contributed by atoms with Crippen LogP contribution in [0.25, 0.3) is 11.6 Å². The van der Waals surface area contributed by atoms with Crippen LogP contribution < -0.4 is 0 Å². The summed E-state index contributed by atoms with van der Waals surface area (Å²) in [6.45, 7) is 4.39. The van der Waals surface area contributed by atoms with E-state index in [4.69, 9.17) is 4.74 Å². The molecule has 3 atom stereocenters. The fourth-order valence-corrected chi connectivity index (χ4v) is 4.72. The Labute approximate surface area is 206 Å². The number of ether oxygens (including phenoxy) is 1. The van der Waals surface area contributed by atoms with Gasteiger partial charge in [0.05, 0.1) is 6.10 Å². The van der Waals surface area contributed by atoms with E-state index < -0.39 is 17.6 Å². The molecular formula is C31H31F3O. The minimum atomic E-state index is -0.783. The van der Waals surface area contributed by atoms with E-state index in [1.807, 2.05) is 68.5 Å². The summed E-state index contributed by atoms with van der Waals surface area (Å²) in [6.07, 6.45) is 20.1. The van der Waals surface area contributed by atoms with E-state index in [0.29, 0.717) is 31.4 Å². The van der Waals surface area contributed by atoms with E-state index in [0.717, 1.165) is 16.7 Å². The monoisotopic (exact) mass is 476 g/mol. The highest BCUT2D eigenvalue weighted by atomic mass is 19.2. The Bertz CT molecular complexity index is 1170. The second-order valence-electron chi connectivity index (χ2n) is 8.94. The van der Waals surface area contributed by atoms with E-state index in [-0.39, 0.29) is 23.4 Å². The van der Waals surface area contributed by atoms with Crippen LogP contribution in [0.15, 0.2) is 108 Å². The van der Waals surface area contributed by atoms with Gasteiger partial charge in [0.15, 0.2) is 5.83 Å². The van der Waals surface area contributed by atoms with Gasteiger partial charge >= 0.3 is 0 Å². The van der Waals surface area contributed by atoms with E-state index in [9.17, 15) is 13.2 Å². The highest BCUT2D eigenvalue weighted by Crippen LogP contribution is 2.40. The summed E-state index contributed by atoms with van der Waals surface area (Å²) in [5, 5.41) is 0. The molecular weight excluding hydrogens is 445 g/mol. The van der Waals surface area contributed by atoms with Crippen molar-refractivity contribution in [3.8, 4) is 0 Å². The minimum absolute atomic E-state index is 0.0450. The van der Waals surface area contributed by atoms with Gasteiger partial charge in [-0.2, -0.15) is 0 Å². The predicted molar refractivity (Wildman–Crippen MR) is 138 cm³/mol. The van der Waals surface area contributed by atoms with Gasteiger partial charge < -0.3 is 4.74 Å². The zero-order chi connectivity index (χ0) is 24.8. The molecule has 182 valence electrons. The Balaban J connectivity index is 1.40. The Hall–Kier alpha value is -3.11. The van der Waals surface area contributed by atoms with E-state index in [1.165, 1.54) is 6.08 Å². The molecule has 0 saturated carbocycles. The van der Waals surface area contributed by atoms with Crippen LogP contribution in [0.2, 0.25) is 0 Å². The zero-order valence-corrected chi connectivity index (χ0v) is 20.2. The fraction of sp³-hybridized carbons (Fsp3) is 0.290. The second kappa shape index (κ2) is 11.5. The lowest BCUT2D eigenvalue weighted by molar-refractivity contribution is 0.0964. The molecule has 3 aliphatic carbocycles. The number of benzene rings is 1. The highest BCUT2D eigenvalue weighted by molar-refractivity contribution is 5.78. The van der Waals surface area contributed by atoms with Crippen LogP contribution in [0.4, 0.5) is 13.2 Å². The molecule has 0 aromatic heterocycles. The molecule has 35 heavy (non-hydrogen) atoms. The molecule has 3 unspecified atom stereocenters. The quantitative estimate of drug-likeness (QED) is 0.382. The third-order valence-corrected chi connectivity index (χ3v) is 6.62. The number of halogens is 3. The Kier molecular flexibility index (Phi) is 8.25. The van der Waals surface area contributed by atoms with Gasteiger partial charge in [0.2, 0.25) is 0 Å². The number of rotatable bonds is 7. The molecule has 0 spiro atoms. The Morgan fingerprint density at radius 3 is 2.40 bits per heavy atom. The molecule has 0 heterocycles. The van der Waals surface area contributed by atoms with Gasteiger partial charge in [-0.05, 0) is 61.8 Å². The van der Waals surface area contributed by atoms with E-state index >= 15 is 0 Å². The molecule has 4 rings (SSSR count). The topological polar surface area (TPSA) is 9.23 Å². The van der Waals surface area contributed by atoms with Crippen LogP contribution in [0, 0.1) is 11.8 Å². The van der Waals surface area contributed by atoms with Crippen LogP contribution in [0.3, 0.4) is 0 Å². The normalized spacial score (nSPS) is 25.1. The van der Waals surface area contributed by atoms with Gasteiger partial charge in [-0.15, -0.1) is 0 Å². The predicted octanol–water partition coefficient (Wildman–Crippen LogP) is 8.92. The van der Waals surface area contributed by atoms with Gasteiger partial charge in [0.1, 0.15) is 11.7 Å². The maximum Gasteiger partial charge on any atom is 0.161 e. The molecule has 1 nitrogen and oxygen atoms in total.